The minimum Gasteiger partial charge on any atom is -0.487 e. The van der Waals surface area contributed by atoms with E-state index in [1.165, 1.54) is 23.3 Å². The van der Waals surface area contributed by atoms with Crippen LogP contribution in [0.5, 0.6) is 5.75 Å². The number of para-hydroxylation sites is 1. The van der Waals surface area contributed by atoms with Crippen molar-refractivity contribution in [1.82, 2.24) is 15.6 Å². The molecule has 144 valence electrons. The number of hydrogen-bond donors (Lipinski definition) is 2. The average molecular weight is 385 g/mol. The first-order valence-electron chi connectivity index (χ1n) is 9.84. The average Bonchev–Trinajstić information content (AvgIpc) is 3.29. The fraction of sp³-hybridized carbons (Fsp3) is 0.524. The van der Waals surface area contributed by atoms with Gasteiger partial charge in [0.05, 0.1) is 11.0 Å². The van der Waals surface area contributed by atoms with Crippen LogP contribution in [0.4, 0.5) is 0 Å². The van der Waals surface area contributed by atoms with E-state index in [1.54, 1.807) is 11.3 Å². The second-order valence-corrected chi connectivity index (χ2v) is 8.86. The summed E-state index contributed by atoms with van der Waals surface area (Å²) in [5.74, 6) is 1.87. The van der Waals surface area contributed by atoms with Crippen molar-refractivity contribution in [1.29, 1.82) is 0 Å². The van der Waals surface area contributed by atoms with Gasteiger partial charge in [-0.05, 0) is 38.7 Å². The molecule has 5 nitrogen and oxygen atoms in total. The Morgan fingerprint density at radius 3 is 2.89 bits per heavy atom. The Labute approximate surface area is 165 Å². The highest BCUT2D eigenvalue weighted by Gasteiger charge is 2.43. The lowest BCUT2D eigenvalue weighted by atomic mass is 9.86. The normalized spacial score (nSPS) is 21.0. The fourth-order valence-electron chi connectivity index (χ4n) is 4.24. The highest BCUT2D eigenvalue weighted by molar-refractivity contribution is 7.11. The van der Waals surface area contributed by atoms with Crippen LogP contribution in [0.2, 0.25) is 0 Å². The summed E-state index contributed by atoms with van der Waals surface area (Å²) in [7, 11) is 1.83. The summed E-state index contributed by atoms with van der Waals surface area (Å²) in [4.78, 5) is 10.1. The van der Waals surface area contributed by atoms with Crippen molar-refractivity contribution in [2.75, 3.05) is 13.6 Å². The van der Waals surface area contributed by atoms with Gasteiger partial charge in [-0.15, -0.1) is 11.3 Å². The molecule has 2 heterocycles. The standard InChI is InChI=1S/C21H28N4OS/c1-15-14-24-19(27-15)9-12-23-20(22-2)25-17-13-21(10-5-6-11-21)26-18-8-4-3-7-16(17)18/h3-4,7-8,14,17H,5-6,9-13H2,1-2H3,(H2,22,23,25). The molecule has 2 aromatic rings. The van der Waals surface area contributed by atoms with Gasteiger partial charge in [0.1, 0.15) is 11.4 Å². The molecule has 1 spiro atoms. The summed E-state index contributed by atoms with van der Waals surface area (Å²) in [5, 5.41) is 8.26. The van der Waals surface area contributed by atoms with E-state index in [9.17, 15) is 0 Å². The summed E-state index contributed by atoms with van der Waals surface area (Å²) in [6.45, 7) is 2.92. The van der Waals surface area contributed by atoms with E-state index in [0.29, 0.717) is 0 Å². The maximum Gasteiger partial charge on any atom is 0.191 e. The molecular formula is C21H28N4OS. The van der Waals surface area contributed by atoms with Crippen LogP contribution < -0.4 is 15.4 Å². The van der Waals surface area contributed by atoms with Crippen LogP contribution in [0.1, 0.15) is 53.6 Å². The molecule has 1 unspecified atom stereocenters. The smallest absolute Gasteiger partial charge is 0.191 e. The molecule has 1 aliphatic heterocycles. The molecule has 6 heteroatoms. The zero-order valence-corrected chi connectivity index (χ0v) is 16.9. The maximum atomic E-state index is 6.46. The van der Waals surface area contributed by atoms with Crippen molar-refractivity contribution in [2.24, 2.45) is 4.99 Å². The number of thiazole rings is 1. The molecule has 1 aliphatic carbocycles. The number of aryl methyl sites for hydroxylation is 1. The van der Waals surface area contributed by atoms with E-state index >= 15 is 0 Å². The SMILES string of the molecule is CN=C(NCCc1ncc(C)s1)NC1CC2(CCCC2)Oc2ccccc21. The van der Waals surface area contributed by atoms with Crippen molar-refractivity contribution >= 4 is 17.3 Å². The van der Waals surface area contributed by atoms with Crippen molar-refractivity contribution in [3.05, 3.63) is 45.9 Å². The van der Waals surface area contributed by atoms with E-state index in [0.717, 1.165) is 48.9 Å². The molecule has 0 saturated heterocycles. The Morgan fingerprint density at radius 1 is 1.33 bits per heavy atom. The molecule has 0 bridgehead atoms. The number of aromatic nitrogens is 1. The molecule has 1 saturated carbocycles. The van der Waals surface area contributed by atoms with Gasteiger partial charge < -0.3 is 15.4 Å². The van der Waals surface area contributed by atoms with Crippen molar-refractivity contribution in [2.45, 2.75) is 57.1 Å². The number of fused-ring (bicyclic) bond motifs is 1. The molecule has 2 N–H and O–H groups in total. The lowest BCUT2D eigenvalue weighted by molar-refractivity contribution is 0.0396. The van der Waals surface area contributed by atoms with E-state index in [-0.39, 0.29) is 11.6 Å². The zero-order chi connectivity index (χ0) is 18.7. The summed E-state index contributed by atoms with van der Waals surface area (Å²) in [6.07, 6.45) is 8.66. The number of nitrogens with zero attached hydrogens (tertiary/aromatic N) is 2. The largest absolute Gasteiger partial charge is 0.487 e. The number of hydrogen-bond acceptors (Lipinski definition) is 4. The Bertz CT molecular complexity index is 810. The number of nitrogens with one attached hydrogen (secondary N) is 2. The van der Waals surface area contributed by atoms with Crippen LogP contribution in [0, 0.1) is 6.92 Å². The van der Waals surface area contributed by atoms with Crippen molar-refractivity contribution in [3.8, 4) is 5.75 Å². The topological polar surface area (TPSA) is 58.5 Å². The first-order valence-corrected chi connectivity index (χ1v) is 10.7. The molecule has 2 aliphatic rings. The predicted octanol–water partition coefficient (Wildman–Crippen LogP) is 4.00. The van der Waals surface area contributed by atoms with Gasteiger partial charge >= 0.3 is 0 Å². The Morgan fingerprint density at radius 2 is 2.15 bits per heavy atom. The fourth-order valence-corrected chi connectivity index (χ4v) is 5.02. The molecule has 1 fully saturated rings. The van der Waals surface area contributed by atoms with Crippen molar-refractivity contribution in [3.63, 3.8) is 0 Å². The first kappa shape index (κ1) is 18.3. The minimum absolute atomic E-state index is 0.0106. The molecular weight excluding hydrogens is 356 g/mol. The summed E-state index contributed by atoms with van der Waals surface area (Å²) in [5.41, 5.74) is 1.22. The third-order valence-corrected chi connectivity index (χ3v) is 6.52. The molecule has 1 aromatic carbocycles. The highest BCUT2D eigenvalue weighted by atomic mass is 32.1. The van der Waals surface area contributed by atoms with Crippen LogP contribution in [0.25, 0.3) is 0 Å². The number of benzene rings is 1. The Balaban J connectivity index is 1.43. The molecule has 0 radical (unpaired) electrons. The molecule has 27 heavy (non-hydrogen) atoms. The van der Waals surface area contributed by atoms with Crippen LogP contribution in [-0.2, 0) is 6.42 Å². The van der Waals surface area contributed by atoms with Gasteiger partial charge in [-0.25, -0.2) is 4.98 Å². The Hall–Kier alpha value is -2.08. The van der Waals surface area contributed by atoms with Crippen LogP contribution in [0.15, 0.2) is 35.5 Å². The van der Waals surface area contributed by atoms with Crippen LogP contribution in [0.3, 0.4) is 0 Å². The maximum absolute atomic E-state index is 6.46. The lowest BCUT2D eigenvalue weighted by Crippen LogP contribution is -2.47. The Kier molecular flexibility index (Phi) is 5.34. The second kappa shape index (κ2) is 7.89. The minimum atomic E-state index is -0.0106. The first-order chi connectivity index (χ1) is 13.2. The molecule has 1 aromatic heterocycles. The van der Waals surface area contributed by atoms with E-state index < -0.39 is 0 Å². The summed E-state index contributed by atoms with van der Waals surface area (Å²) < 4.78 is 6.46. The third-order valence-electron chi connectivity index (χ3n) is 5.55. The third kappa shape index (κ3) is 4.10. The number of ether oxygens (including phenoxy) is 1. The van der Waals surface area contributed by atoms with Crippen LogP contribution in [-0.4, -0.2) is 30.1 Å². The summed E-state index contributed by atoms with van der Waals surface area (Å²) >= 11 is 1.76. The quantitative estimate of drug-likeness (QED) is 0.618. The second-order valence-electron chi connectivity index (χ2n) is 7.54. The number of rotatable bonds is 4. The lowest BCUT2D eigenvalue weighted by Gasteiger charge is -2.40. The van der Waals surface area contributed by atoms with Crippen LogP contribution >= 0.6 is 11.3 Å². The van der Waals surface area contributed by atoms with Gasteiger partial charge in [0, 0.05) is 43.1 Å². The number of aliphatic imine (C=N–C) groups is 1. The summed E-state index contributed by atoms with van der Waals surface area (Å²) in [6, 6.07) is 8.64. The predicted molar refractivity (Wildman–Crippen MR) is 111 cm³/mol. The van der Waals surface area contributed by atoms with Gasteiger partial charge in [0.15, 0.2) is 5.96 Å². The monoisotopic (exact) mass is 384 g/mol. The van der Waals surface area contributed by atoms with Gasteiger partial charge in [-0.2, -0.15) is 0 Å². The molecule has 4 rings (SSSR count). The highest BCUT2D eigenvalue weighted by Crippen LogP contribution is 2.46. The van der Waals surface area contributed by atoms with E-state index in [2.05, 4.69) is 51.8 Å². The van der Waals surface area contributed by atoms with Gasteiger partial charge in [-0.3, -0.25) is 4.99 Å². The molecule has 1 atom stereocenters. The van der Waals surface area contributed by atoms with Crippen molar-refractivity contribution < 1.29 is 4.74 Å². The van der Waals surface area contributed by atoms with Gasteiger partial charge in [0.25, 0.3) is 0 Å². The van der Waals surface area contributed by atoms with Gasteiger partial charge in [-0.1, -0.05) is 18.2 Å². The molecule has 0 amide bonds. The zero-order valence-electron chi connectivity index (χ0n) is 16.1. The van der Waals surface area contributed by atoms with E-state index in [1.807, 2.05) is 13.2 Å². The number of guanidine groups is 1. The van der Waals surface area contributed by atoms with E-state index in [4.69, 9.17) is 4.74 Å². The van der Waals surface area contributed by atoms with Gasteiger partial charge in [0.2, 0.25) is 0 Å².